The van der Waals surface area contributed by atoms with Gasteiger partial charge >= 0.3 is 0 Å². The van der Waals surface area contributed by atoms with Gasteiger partial charge in [-0.2, -0.15) is 0 Å². The predicted molar refractivity (Wildman–Crippen MR) is 87.4 cm³/mol. The summed E-state index contributed by atoms with van der Waals surface area (Å²) in [5.74, 6) is 1.99. The Kier molecular flexibility index (Phi) is 5.23. The minimum absolute atomic E-state index is 0.00107. The summed E-state index contributed by atoms with van der Waals surface area (Å²) >= 11 is 0. The van der Waals surface area contributed by atoms with Crippen molar-refractivity contribution in [3.63, 3.8) is 0 Å². The summed E-state index contributed by atoms with van der Waals surface area (Å²) < 4.78 is 0. The van der Waals surface area contributed by atoms with Crippen LogP contribution in [0.4, 0.5) is 0 Å². The van der Waals surface area contributed by atoms with E-state index in [1.54, 1.807) is 0 Å². The Hall–Kier alpha value is -0.120. The molecular formula is C18H34N2O. The number of hydrogen-bond acceptors (Lipinski definition) is 3. The summed E-state index contributed by atoms with van der Waals surface area (Å²) in [5.41, 5.74) is 0.00107. The summed E-state index contributed by atoms with van der Waals surface area (Å²) in [4.78, 5) is 2.79. The average Bonchev–Trinajstić information content (AvgIpc) is 2.55. The Morgan fingerprint density at radius 1 is 1.10 bits per heavy atom. The molecule has 3 nitrogen and oxygen atoms in total. The lowest BCUT2D eigenvalue weighted by Gasteiger charge is -2.49. The second kappa shape index (κ2) is 6.97. The SMILES string of the molecule is CCNC1(CO)CCCC(N2CCC3CCCCC3C2)C1. The van der Waals surface area contributed by atoms with Gasteiger partial charge in [0.05, 0.1) is 6.61 Å². The van der Waals surface area contributed by atoms with Crippen molar-refractivity contribution in [3.8, 4) is 0 Å². The smallest absolute Gasteiger partial charge is 0.0613 e. The molecule has 1 aliphatic heterocycles. The topological polar surface area (TPSA) is 35.5 Å². The van der Waals surface area contributed by atoms with Crippen molar-refractivity contribution < 1.29 is 5.11 Å². The molecule has 0 spiro atoms. The van der Waals surface area contributed by atoms with E-state index in [4.69, 9.17) is 0 Å². The van der Waals surface area contributed by atoms with Gasteiger partial charge < -0.3 is 15.3 Å². The van der Waals surface area contributed by atoms with E-state index < -0.39 is 0 Å². The van der Waals surface area contributed by atoms with Crippen LogP contribution < -0.4 is 5.32 Å². The van der Waals surface area contributed by atoms with E-state index in [1.165, 1.54) is 58.0 Å². The molecule has 0 aromatic heterocycles. The first-order valence-corrected chi connectivity index (χ1v) is 9.36. The van der Waals surface area contributed by atoms with Crippen molar-refractivity contribution >= 4 is 0 Å². The molecule has 0 amide bonds. The first-order chi connectivity index (χ1) is 10.3. The highest BCUT2D eigenvalue weighted by molar-refractivity contribution is 4.97. The standard InChI is InChI=1S/C18H34N2O/c1-2-19-18(14-21)10-5-8-17(12-18)20-11-9-15-6-3-4-7-16(15)13-20/h15-17,19,21H,2-14H2,1H3. The zero-order chi connectivity index (χ0) is 14.7. The lowest BCUT2D eigenvalue weighted by Crippen LogP contribution is -2.57. The Morgan fingerprint density at radius 2 is 1.90 bits per heavy atom. The van der Waals surface area contributed by atoms with Crippen LogP contribution in [0, 0.1) is 11.8 Å². The minimum Gasteiger partial charge on any atom is -0.394 e. The highest BCUT2D eigenvalue weighted by atomic mass is 16.3. The van der Waals surface area contributed by atoms with Crippen LogP contribution in [0.15, 0.2) is 0 Å². The van der Waals surface area contributed by atoms with E-state index in [0.717, 1.165) is 31.2 Å². The fourth-order valence-corrected chi connectivity index (χ4v) is 5.34. The quantitative estimate of drug-likeness (QED) is 0.837. The second-order valence-corrected chi connectivity index (χ2v) is 7.81. The maximum absolute atomic E-state index is 9.90. The largest absolute Gasteiger partial charge is 0.394 e. The van der Waals surface area contributed by atoms with Crippen LogP contribution in [0.25, 0.3) is 0 Å². The van der Waals surface area contributed by atoms with Crippen molar-refractivity contribution in [1.29, 1.82) is 0 Å². The van der Waals surface area contributed by atoms with Crippen molar-refractivity contribution in [1.82, 2.24) is 10.2 Å². The van der Waals surface area contributed by atoms with E-state index in [1.807, 2.05) is 0 Å². The number of rotatable bonds is 4. The van der Waals surface area contributed by atoms with Crippen molar-refractivity contribution in [2.45, 2.75) is 76.3 Å². The minimum atomic E-state index is 0.00107. The number of likely N-dealkylation sites (N-methyl/N-ethyl adjacent to an activating group) is 1. The Bertz CT molecular complexity index is 331. The zero-order valence-corrected chi connectivity index (χ0v) is 13.8. The van der Waals surface area contributed by atoms with Crippen LogP contribution in [0.5, 0.6) is 0 Å². The molecule has 21 heavy (non-hydrogen) atoms. The third kappa shape index (κ3) is 3.46. The fraction of sp³-hybridized carbons (Fsp3) is 1.00. The van der Waals surface area contributed by atoms with E-state index >= 15 is 0 Å². The maximum atomic E-state index is 9.90. The number of nitrogens with one attached hydrogen (secondary N) is 1. The molecule has 1 heterocycles. The van der Waals surface area contributed by atoms with Crippen molar-refractivity contribution in [3.05, 3.63) is 0 Å². The number of fused-ring (bicyclic) bond motifs is 1. The van der Waals surface area contributed by atoms with Crippen LogP contribution >= 0.6 is 0 Å². The molecule has 3 aliphatic rings. The normalized spacial score (nSPS) is 41.7. The molecule has 0 aromatic carbocycles. The van der Waals surface area contributed by atoms with Crippen LogP contribution in [-0.4, -0.2) is 47.8 Å². The zero-order valence-electron chi connectivity index (χ0n) is 13.8. The molecule has 2 saturated carbocycles. The van der Waals surface area contributed by atoms with Crippen LogP contribution in [-0.2, 0) is 0 Å². The van der Waals surface area contributed by atoms with Gasteiger partial charge in [0.25, 0.3) is 0 Å². The van der Waals surface area contributed by atoms with Gasteiger partial charge in [0.15, 0.2) is 0 Å². The van der Waals surface area contributed by atoms with Gasteiger partial charge in [-0.1, -0.05) is 26.2 Å². The molecule has 0 bridgehead atoms. The van der Waals surface area contributed by atoms with Crippen LogP contribution in [0.1, 0.15) is 64.7 Å². The average molecular weight is 294 g/mol. The molecule has 2 N–H and O–H groups in total. The summed E-state index contributed by atoms with van der Waals surface area (Å²) in [6.45, 7) is 6.08. The number of nitrogens with zero attached hydrogens (tertiary/aromatic N) is 1. The van der Waals surface area contributed by atoms with Gasteiger partial charge in [0.1, 0.15) is 0 Å². The van der Waals surface area contributed by atoms with Gasteiger partial charge in [-0.05, 0) is 63.5 Å². The number of aliphatic hydroxyl groups excluding tert-OH is 1. The van der Waals surface area contributed by atoms with Gasteiger partial charge in [-0.3, -0.25) is 0 Å². The van der Waals surface area contributed by atoms with Crippen LogP contribution in [0.3, 0.4) is 0 Å². The van der Waals surface area contributed by atoms with E-state index in [2.05, 4.69) is 17.1 Å². The predicted octanol–water partition coefficient (Wildman–Crippen LogP) is 2.78. The molecule has 1 saturated heterocycles. The molecule has 3 rings (SSSR count). The highest BCUT2D eigenvalue weighted by Crippen LogP contribution is 2.39. The molecule has 2 aliphatic carbocycles. The Balaban J connectivity index is 1.61. The van der Waals surface area contributed by atoms with Gasteiger partial charge in [0.2, 0.25) is 0 Å². The molecule has 0 radical (unpaired) electrons. The van der Waals surface area contributed by atoms with Crippen molar-refractivity contribution in [2.24, 2.45) is 11.8 Å². The third-order valence-corrected chi connectivity index (χ3v) is 6.51. The summed E-state index contributed by atoms with van der Waals surface area (Å²) in [7, 11) is 0. The summed E-state index contributed by atoms with van der Waals surface area (Å²) in [5, 5.41) is 13.5. The molecule has 3 heteroatoms. The monoisotopic (exact) mass is 294 g/mol. The molecule has 4 unspecified atom stereocenters. The van der Waals surface area contributed by atoms with Crippen molar-refractivity contribution in [2.75, 3.05) is 26.2 Å². The number of likely N-dealkylation sites (tertiary alicyclic amines) is 1. The third-order valence-electron chi connectivity index (χ3n) is 6.51. The van der Waals surface area contributed by atoms with E-state index in [0.29, 0.717) is 12.6 Å². The first-order valence-electron chi connectivity index (χ1n) is 9.36. The Labute approximate surface area is 130 Å². The van der Waals surface area contributed by atoms with Crippen LogP contribution in [0.2, 0.25) is 0 Å². The maximum Gasteiger partial charge on any atom is 0.0613 e. The number of aliphatic hydroxyl groups is 1. The number of piperidine rings is 1. The number of hydrogen-bond donors (Lipinski definition) is 2. The summed E-state index contributed by atoms with van der Waals surface area (Å²) in [6, 6.07) is 0.702. The highest BCUT2D eigenvalue weighted by Gasteiger charge is 2.40. The lowest BCUT2D eigenvalue weighted by molar-refractivity contribution is 0.0130. The van der Waals surface area contributed by atoms with E-state index in [9.17, 15) is 5.11 Å². The fourth-order valence-electron chi connectivity index (χ4n) is 5.34. The molecule has 3 fully saturated rings. The molecule has 4 atom stereocenters. The summed E-state index contributed by atoms with van der Waals surface area (Å²) in [6.07, 6.45) is 12.2. The molecule has 0 aromatic rings. The Morgan fingerprint density at radius 3 is 2.67 bits per heavy atom. The van der Waals surface area contributed by atoms with Gasteiger partial charge in [-0.15, -0.1) is 0 Å². The second-order valence-electron chi connectivity index (χ2n) is 7.81. The lowest BCUT2D eigenvalue weighted by atomic mass is 9.73. The molecule has 122 valence electrons. The van der Waals surface area contributed by atoms with Gasteiger partial charge in [0, 0.05) is 18.1 Å². The molecular weight excluding hydrogens is 260 g/mol. The van der Waals surface area contributed by atoms with E-state index in [-0.39, 0.29) is 5.54 Å². The van der Waals surface area contributed by atoms with Gasteiger partial charge in [-0.25, -0.2) is 0 Å². The first kappa shape index (κ1) is 15.8.